The Kier molecular flexibility index (Phi) is 7.89. The van der Waals surface area contributed by atoms with Crippen molar-refractivity contribution in [3.63, 3.8) is 0 Å². The van der Waals surface area contributed by atoms with E-state index in [0.717, 1.165) is 37.4 Å². The van der Waals surface area contributed by atoms with Crippen LogP contribution in [0.2, 0.25) is 0 Å². The fourth-order valence-electron chi connectivity index (χ4n) is 3.53. The highest BCUT2D eigenvalue weighted by Crippen LogP contribution is 2.37. The average Bonchev–Trinajstić information content (AvgIpc) is 3.19. The highest BCUT2D eigenvalue weighted by molar-refractivity contribution is 7.99. The van der Waals surface area contributed by atoms with Gasteiger partial charge in [0, 0.05) is 31.4 Å². The summed E-state index contributed by atoms with van der Waals surface area (Å²) in [7, 11) is 1.71. The maximum absolute atomic E-state index is 13.3. The number of halogens is 1. The topological polar surface area (TPSA) is 34.0 Å². The molecule has 1 fully saturated rings. The van der Waals surface area contributed by atoms with Gasteiger partial charge in [0.2, 0.25) is 0 Å². The van der Waals surface area contributed by atoms with E-state index in [4.69, 9.17) is 4.74 Å². The van der Waals surface area contributed by atoms with Crippen LogP contribution in [0, 0.1) is 5.82 Å². The van der Waals surface area contributed by atoms with Crippen LogP contribution in [-0.2, 0) is 16.1 Å². The second-order valence-corrected chi connectivity index (χ2v) is 8.24. The molecular formula is C22H28FN2O2S+. The number of thioether (sulfide) groups is 1. The van der Waals surface area contributed by atoms with Gasteiger partial charge < -0.3 is 14.5 Å². The first-order chi connectivity index (χ1) is 13.7. The molecule has 3 rings (SSSR count). The van der Waals surface area contributed by atoms with Gasteiger partial charge in [-0.3, -0.25) is 4.79 Å². The van der Waals surface area contributed by atoms with Crippen LogP contribution in [0.25, 0.3) is 0 Å². The number of rotatable bonds is 9. The predicted octanol–water partition coefficient (Wildman–Crippen LogP) is 2.52. The standard InChI is InChI=1S/C22H27FN2O2S/c1-27-14-5-12-24(16-18-6-3-2-4-7-18)17-21(26)25-13-15-28-22(25)19-8-10-20(23)11-9-19/h2-4,6-11,22H,5,12-17H2,1H3/p+1/t22-/m1/s1. The number of amides is 1. The summed E-state index contributed by atoms with van der Waals surface area (Å²) in [5.41, 5.74) is 2.22. The van der Waals surface area contributed by atoms with Crippen molar-refractivity contribution in [2.24, 2.45) is 0 Å². The van der Waals surface area contributed by atoms with E-state index in [2.05, 4.69) is 12.1 Å². The Hall–Kier alpha value is -1.89. The van der Waals surface area contributed by atoms with Crippen LogP contribution >= 0.6 is 11.8 Å². The van der Waals surface area contributed by atoms with Gasteiger partial charge in [-0.1, -0.05) is 42.5 Å². The van der Waals surface area contributed by atoms with E-state index in [9.17, 15) is 9.18 Å². The number of methoxy groups -OCH3 is 1. The SMILES string of the molecule is COCCC[NH+](CC(=O)N1CCS[C@@H]1c1ccc(F)cc1)Cc1ccccc1. The maximum Gasteiger partial charge on any atom is 0.278 e. The van der Waals surface area contributed by atoms with Crippen molar-refractivity contribution in [3.8, 4) is 0 Å². The summed E-state index contributed by atoms with van der Waals surface area (Å²) < 4.78 is 18.4. The zero-order valence-corrected chi connectivity index (χ0v) is 17.1. The van der Waals surface area contributed by atoms with Crippen molar-refractivity contribution in [2.45, 2.75) is 18.3 Å². The molecule has 0 aromatic heterocycles. The fraction of sp³-hybridized carbons (Fsp3) is 0.409. The molecule has 2 atom stereocenters. The molecule has 0 spiro atoms. The fourth-order valence-corrected chi connectivity index (χ4v) is 4.81. The van der Waals surface area contributed by atoms with Crippen molar-refractivity contribution in [1.82, 2.24) is 4.90 Å². The number of hydrogen-bond acceptors (Lipinski definition) is 3. The molecule has 1 saturated heterocycles. The third kappa shape index (κ3) is 5.80. The van der Waals surface area contributed by atoms with Gasteiger partial charge in [0.15, 0.2) is 6.54 Å². The molecular weight excluding hydrogens is 375 g/mol. The lowest BCUT2D eigenvalue weighted by Crippen LogP contribution is -3.12. The van der Waals surface area contributed by atoms with E-state index >= 15 is 0 Å². The average molecular weight is 404 g/mol. The first-order valence-corrected chi connectivity index (χ1v) is 10.7. The van der Waals surface area contributed by atoms with E-state index in [-0.39, 0.29) is 17.1 Å². The quantitative estimate of drug-likeness (QED) is 0.654. The van der Waals surface area contributed by atoms with Gasteiger partial charge in [-0.15, -0.1) is 11.8 Å². The van der Waals surface area contributed by atoms with Crippen LogP contribution in [0.15, 0.2) is 54.6 Å². The first-order valence-electron chi connectivity index (χ1n) is 9.70. The van der Waals surface area contributed by atoms with E-state index in [0.29, 0.717) is 13.2 Å². The normalized spacial score (nSPS) is 17.6. The number of hydrogen-bond donors (Lipinski definition) is 1. The Labute approximate surface area is 170 Å². The van der Waals surface area contributed by atoms with E-state index in [1.54, 1.807) is 31.0 Å². The molecule has 0 aliphatic carbocycles. The second-order valence-electron chi connectivity index (χ2n) is 7.05. The van der Waals surface area contributed by atoms with Crippen molar-refractivity contribution in [2.75, 3.05) is 39.1 Å². The minimum atomic E-state index is -0.249. The van der Waals surface area contributed by atoms with Crippen LogP contribution in [0.4, 0.5) is 4.39 Å². The molecule has 1 unspecified atom stereocenters. The number of ether oxygens (including phenoxy) is 1. The summed E-state index contributed by atoms with van der Waals surface area (Å²) in [4.78, 5) is 16.3. The number of benzene rings is 2. The van der Waals surface area contributed by atoms with E-state index < -0.39 is 0 Å². The number of carbonyl (C=O) groups is 1. The highest BCUT2D eigenvalue weighted by Gasteiger charge is 2.32. The Morgan fingerprint density at radius 1 is 1.21 bits per heavy atom. The molecule has 4 nitrogen and oxygen atoms in total. The molecule has 0 saturated carbocycles. The second kappa shape index (κ2) is 10.6. The molecule has 2 aromatic rings. The number of carbonyl (C=O) groups excluding carboxylic acids is 1. The highest BCUT2D eigenvalue weighted by atomic mass is 32.2. The largest absolute Gasteiger partial charge is 0.384 e. The van der Waals surface area contributed by atoms with Gasteiger partial charge in [0.25, 0.3) is 5.91 Å². The monoisotopic (exact) mass is 403 g/mol. The van der Waals surface area contributed by atoms with E-state index in [1.807, 2.05) is 23.1 Å². The lowest BCUT2D eigenvalue weighted by Gasteiger charge is -2.27. The third-order valence-corrected chi connectivity index (χ3v) is 6.20. The molecule has 0 radical (unpaired) electrons. The summed E-state index contributed by atoms with van der Waals surface area (Å²) in [5, 5.41) is -0.0231. The zero-order valence-electron chi connectivity index (χ0n) is 16.3. The Bertz CT molecular complexity index is 742. The molecule has 1 aliphatic heterocycles. The van der Waals surface area contributed by atoms with Gasteiger partial charge in [-0.25, -0.2) is 4.39 Å². The van der Waals surface area contributed by atoms with Gasteiger partial charge in [0.05, 0.1) is 13.2 Å². The molecule has 1 N–H and O–H groups in total. The Balaban J connectivity index is 1.66. The van der Waals surface area contributed by atoms with Crippen LogP contribution in [0.1, 0.15) is 22.9 Å². The minimum Gasteiger partial charge on any atom is -0.384 e. The molecule has 2 aromatic carbocycles. The number of quaternary nitrogens is 1. The van der Waals surface area contributed by atoms with Crippen LogP contribution < -0.4 is 4.90 Å². The van der Waals surface area contributed by atoms with Crippen molar-refractivity contribution >= 4 is 17.7 Å². The van der Waals surface area contributed by atoms with Crippen molar-refractivity contribution < 1.29 is 18.8 Å². The summed E-state index contributed by atoms with van der Waals surface area (Å²) in [6.45, 7) is 3.60. The molecule has 1 heterocycles. The summed E-state index contributed by atoms with van der Waals surface area (Å²) in [6.07, 6.45) is 0.919. The van der Waals surface area contributed by atoms with Crippen LogP contribution in [-0.4, -0.2) is 49.9 Å². The lowest BCUT2D eigenvalue weighted by molar-refractivity contribution is -0.906. The molecule has 0 bridgehead atoms. The molecule has 1 aliphatic rings. The minimum absolute atomic E-state index is 0.0231. The van der Waals surface area contributed by atoms with Crippen molar-refractivity contribution in [1.29, 1.82) is 0 Å². The summed E-state index contributed by atoms with van der Waals surface area (Å²) in [6, 6.07) is 16.8. The number of nitrogens with one attached hydrogen (secondary N) is 1. The smallest absolute Gasteiger partial charge is 0.278 e. The first kappa shape index (κ1) is 20.8. The molecule has 150 valence electrons. The molecule has 6 heteroatoms. The van der Waals surface area contributed by atoms with E-state index in [1.165, 1.54) is 22.6 Å². The van der Waals surface area contributed by atoms with Gasteiger partial charge in [0.1, 0.15) is 17.7 Å². The predicted molar refractivity (Wildman–Crippen MR) is 111 cm³/mol. The summed E-state index contributed by atoms with van der Waals surface area (Å²) in [5.74, 6) is 0.815. The zero-order chi connectivity index (χ0) is 19.8. The van der Waals surface area contributed by atoms with Crippen LogP contribution in [0.5, 0.6) is 0 Å². The summed E-state index contributed by atoms with van der Waals surface area (Å²) >= 11 is 1.74. The third-order valence-electron chi connectivity index (χ3n) is 4.94. The van der Waals surface area contributed by atoms with Crippen LogP contribution in [0.3, 0.4) is 0 Å². The van der Waals surface area contributed by atoms with Gasteiger partial charge >= 0.3 is 0 Å². The maximum atomic E-state index is 13.3. The molecule has 28 heavy (non-hydrogen) atoms. The van der Waals surface area contributed by atoms with Gasteiger partial charge in [-0.2, -0.15) is 0 Å². The Morgan fingerprint density at radius 2 is 1.96 bits per heavy atom. The Morgan fingerprint density at radius 3 is 2.68 bits per heavy atom. The molecule has 1 amide bonds. The van der Waals surface area contributed by atoms with Crippen molar-refractivity contribution in [3.05, 3.63) is 71.5 Å². The number of nitrogens with zero attached hydrogens (tertiary/aromatic N) is 1. The van der Waals surface area contributed by atoms with Gasteiger partial charge in [-0.05, 0) is 17.7 Å². The lowest BCUT2D eigenvalue weighted by atomic mass is 10.2.